The molecule has 1 aromatic rings. The molecule has 1 atom stereocenters. The van der Waals surface area contributed by atoms with Crippen LogP contribution in [-0.2, 0) is 0 Å². The molecule has 1 aliphatic rings. The number of halogens is 1. The van der Waals surface area contributed by atoms with Crippen molar-refractivity contribution in [3.63, 3.8) is 0 Å². The Balaban J connectivity index is 2.39. The molecule has 0 bridgehead atoms. The number of anilines is 1. The van der Waals surface area contributed by atoms with Crippen LogP contribution in [0.2, 0.25) is 0 Å². The minimum absolute atomic E-state index is 0.160. The van der Waals surface area contributed by atoms with Crippen LogP contribution in [0.5, 0.6) is 0 Å². The van der Waals surface area contributed by atoms with Crippen molar-refractivity contribution in [2.75, 3.05) is 24.5 Å². The lowest BCUT2D eigenvalue weighted by Crippen LogP contribution is -2.50. The van der Waals surface area contributed by atoms with Crippen LogP contribution in [0.15, 0.2) is 22.7 Å². The van der Waals surface area contributed by atoms with Gasteiger partial charge < -0.3 is 10.2 Å². The van der Waals surface area contributed by atoms with Gasteiger partial charge in [-0.2, -0.15) is 0 Å². The van der Waals surface area contributed by atoms with E-state index in [1.165, 1.54) is 0 Å². The van der Waals surface area contributed by atoms with Crippen molar-refractivity contribution in [1.29, 1.82) is 0 Å². The predicted molar refractivity (Wildman–Crippen MR) is 70.5 cm³/mol. The standard InChI is InChI=1S/C11H14BrN3O2/c1-8-7-13-4-5-14(8)10-3-2-9(12)6-11(10)15(16)17/h2-3,6,8,13H,4-5,7H2,1H3/t8-/m0/s1. The Kier molecular flexibility index (Phi) is 3.63. The fourth-order valence-corrected chi connectivity index (χ4v) is 2.43. The van der Waals surface area contributed by atoms with E-state index in [-0.39, 0.29) is 16.7 Å². The van der Waals surface area contributed by atoms with Crippen LogP contribution in [-0.4, -0.2) is 30.6 Å². The maximum Gasteiger partial charge on any atom is 0.293 e. The molecule has 17 heavy (non-hydrogen) atoms. The number of rotatable bonds is 2. The summed E-state index contributed by atoms with van der Waals surface area (Å²) in [7, 11) is 0. The number of benzene rings is 1. The molecule has 0 unspecified atom stereocenters. The van der Waals surface area contributed by atoms with Crippen LogP contribution in [0.3, 0.4) is 0 Å². The SMILES string of the molecule is C[C@H]1CNCCN1c1ccc(Br)cc1[N+](=O)[O-]. The Hall–Kier alpha value is -1.14. The second-order valence-electron chi connectivity index (χ2n) is 4.14. The Morgan fingerprint density at radius 1 is 1.59 bits per heavy atom. The molecular weight excluding hydrogens is 286 g/mol. The molecule has 0 aliphatic carbocycles. The van der Waals surface area contributed by atoms with E-state index in [9.17, 15) is 10.1 Å². The fraction of sp³-hybridized carbons (Fsp3) is 0.455. The number of nitrogens with one attached hydrogen (secondary N) is 1. The van der Waals surface area contributed by atoms with Gasteiger partial charge in [0.1, 0.15) is 5.69 Å². The number of hydrogen-bond donors (Lipinski definition) is 1. The first-order valence-corrected chi connectivity index (χ1v) is 6.30. The Morgan fingerprint density at radius 3 is 3.00 bits per heavy atom. The van der Waals surface area contributed by atoms with Gasteiger partial charge >= 0.3 is 0 Å². The van der Waals surface area contributed by atoms with E-state index in [1.807, 2.05) is 12.1 Å². The summed E-state index contributed by atoms with van der Waals surface area (Å²) in [6.45, 7) is 4.58. The number of nitrogens with zero attached hydrogens (tertiary/aromatic N) is 2. The maximum absolute atomic E-state index is 11.1. The minimum Gasteiger partial charge on any atom is -0.361 e. The zero-order valence-corrected chi connectivity index (χ0v) is 11.1. The van der Waals surface area contributed by atoms with E-state index < -0.39 is 0 Å². The molecule has 5 nitrogen and oxygen atoms in total. The van der Waals surface area contributed by atoms with Crippen molar-refractivity contribution in [1.82, 2.24) is 5.32 Å². The molecule has 1 heterocycles. The summed E-state index contributed by atoms with van der Waals surface area (Å²) in [6.07, 6.45) is 0. The first-order valence-electron chi connectivity index (χ1n) is 5.51. The van der Waals surface area contributed by atoms with Crippen LogP contribution in [0.25, 0.3) is 0 Å². The molecule has 6 heteroatoms. The number of nitro groups is 1. The van der Waals surface area contributed by atoms with Crippen molar-refractivity contribution >= 4 is 27.3 Å². The molecule has 1 aromatic carbocycles. The van der Waals surface area contributed by atoms with Gasteiger partial charge in [0, 0.05) is 36.2 Å². The second kappa shape index (κ2) is 5.01. The van der Waals surface area contributed by atoms with E-state index in [1.54, 1.807) is 6.07 Å². The van der Waals surface area contributed by atoms with Gasteiger partial charge in [0.05, 0.1) is 4.92 Å². The fourth-order valence-electron chi connectivity index (χ4n) is 2.08. The zero-order chi connectivity index (χ0) is 12.4. The quantitative estimate of drug-likeness (QED) is 0.671. The molecule has 2 rings (SSSR count). The normalized spacial score (nSPS) is 20.4. The molecular formula is C11H14BrN3O2. The third kappa shape index (κ3) is 2.58. The van der Waals surface area contributed by atoms with Crippen molar-refractivity contribution in [3.8, 4) is 0 Å². The van der Waals surface area contributed by atoms with Crippen molar-refractivity contribution < 1.29 is 4.92 Å². The zero-order valence-electron chi connectivity index (χ0n) is 9.52. The summed E-state index contributed by atoms with van der Waals surface area (Å²) in [6, 6.07) is 5.48. The average molecular weight is 300 g/mol. The predicted octanol–water partition coefficient (Wildman–Crippen LogP) is 2.16. The lowest BCUT2D eigenvalue weighted by Gasteiger charge is -2.35. The third-order valence-electron chi connectivity index (χ3n) is 2.94. The van der Waals surface area contributed by atoms with Gasteiger partial charge in [-0.25, -0.2) is 0 Å². The van der Waals surface area contributed by atoms with Gasteiger partial charge in [0.15, 0.2) is 0 Å². The number of nitro benzene ring substituents is 1. The highest BCUT2D eigenvalue weighted by Gasteiger charge is 2.25. The first kappa shape index (κ1) is 12.3. The first-order chi connectivity index (χ1) is 8.09. The van der Waals surface area contributed by atoms with Crippen molar-refractivity contribution in [3.05, 3.63) is 32.8 Å². The summed E-state index contributed by atoms with van der Waals surface area (Å²) >= 11 is 3.27. The van der Waals surface area contributed by atoms with Gasteiger partial charge in [-0.15, -0.1) is 0 Å². The molecule has 1 aliphatic heterocycles. The molecule has 0 saturated carbocycles. The monoisotopic (exact) mass is 299 g/mol. The van der Waals surface area contributed by atoms with Crippen LogP contribution in [0.1, 0.15) is 6.92 Å². The van der Waals surface area contributed by atoms with E-state index in [4.69, 9.17) is 0 Å². The van der Waals surface area contributed by atoms with Crippen LogP contribution in [0, 0.1) is 10.1 Å². The van der Waals surface area contributed by atoms with Crippen molar-refractivity contribution in [2.45, 2.75) is 13.0 Å². The van der Waals surface area contributed by atoms with Gasteiger partial charge in [-0.3, -0.25) is 10.1 Å². The average Bonchev–Trinajstić information content (AvgIpc) is 2.30. The highest BCUT2D eigenvalue weighted by Crippen LogP contribution is 2.32. The summed E-state index contributed by atoms with van der Waals surface area (Å²) in [5.41, 5.74) is 0.861. The Morgan fingerprint density at radius 2 is 2.35 bits per heavy atom. The van der Waals surface area contributed by atoms with E-state index in [2.05, 4.69) is 33.1 Å². The largest absolute Gasteiger partial charge is 0.361 e. The van der Waals surface area contributed by atoms with Gasteiger partial charge in [-0.1, -0.05) is 15.9 Å². The van der Waals surface area contributed by atoms with Gasteiger partial charge in [0.2, 0.25) is 0 Å². The molecule has 0 aromatic heterocycles. The lowest BCUT2D eigenvalue weighted by atomic mass is 10.1. The van der Waals surface area contributed by atoms with E-state index in [0.29, 0.717) is 5.69 Å². The number of piperazine rings is 1. The van der Waals surface area contributed by atoms with E-state index in [0.717, 1.165) is 24.1 Å². The molecule has 92 valence electrons. The van der Waals surface area contributed by atoms with Crippen LogP contribution < -0.4 is 10.2 Å². The van der Waals surface area contributed by atoms with Crippen LogP contribution >= 0.6 is 15.9 Å². The van der Waals surface area contributed by atoms with E-state index >= 15 is 0 Å². The summed E-state index contributed by atoms with van der Waals surface area (Å²) in [4.78, 5) is 12.8. The van der Waals surface area contributed by atoms with Gasteiger partial charge in [-0.05, 0) is 19.1 Å². The smallest absolute Gasteiger partial charge is 0.293 e. The summed E-state index contributed by atoms with van der Waals surface area (Å²) < 4.78 is 0.732. The molecule has 0 amide bonds. The van der Waals surface area contributed by atoms with Crippen LogP contribution in [0.4, 0.5) is 11.4 Å². The highest BCUT2D eigenvalue weighted by atomic mass is 79.9. The van der Waals surface area contributed by atoms with Crippen molar-refractivity contribution in [2.24, 2.45) is 0 Å². The number of hydrogen-bond acceptors (Lipinski definition) is 4. The second-order valence-corrected chi connectivity index (χ2v) is 5.05. The molecule has 1 N–H and O–H groups in total. The third-order valence-corrected chi connectivity index (χ3v) is 3.44. The summed E-state index contributed by atoms with van der Waals surface area (Å²) in [5, 5.41) is 14.3. The lowest BCUT2D eigenvalue weighted by molar-refractivity contribution is -0.384. The maximum atomic E-state index is 11.1. The molecule has 1 fully saturated rings. The minimum atomic E-state index is -0.325. The molecule has 0 radical (unpaired) electrons. The molecule has 0 spiro atoms. The topological polar surface area (TPSA) is 58.4 Å². The molecule has 1 saturated heterocycles. The van der Waals surface area contributed by atoms with Gasteiger partial charge in [0.25, 0.3) is 5.69 Å². The Labute approximate surface area is 108 Å². The Bertz CT molecular complexity index is 439. The summed E-state index contributed by atoms with van der Waals surface area (Å²) in [5.74, 6) is 0. The highest BCUT2D eigenvalue weighted by molar-refractivity contribution is 9.10.